The fourth-order valence-electron chi connectivity index (χ4n) is 4.83. The van der Waals surface area contributed by atoms with Crippen molar-refractivity contribution in [3.8, 4) is 0 Å². The second-order valence-electron chi connectivity index (χ2n) is 12.0. The Kier molecular flexibility index (Phi) is 21.7. The summed E-state index contributed by atoms with van der Waals surface area (Å²) in [6.45, 7) is 5.94. The SMILES string of the molecule is Cc1ccc(C(=O)c2ccccc2[N+](=O)[O-])cc1.Cc1ccc(C(O)c2ccccc2[N+](=O)[O-])cc1.Cc1ccccc1.O=C(Cl)c1ccccc1[N+](=O)[O-].[Cl][Al]([Cl])[Cl]. The predicted molar refractivity (Wildman–Crippen MR) is 234 cm³/mol. The van der Waals surface area contributed by atoms with E-state index in [-0.39, 0.29) is 34.0 Å². The van der Waals surface area contributed by atoms with Gasteiger partial charge < -0.3 is 5.11 Å². The average molecular weight is 896 g/mol. The highest BCUT2D eigenvalue weighted by Crippen LogP contribution is 2.29. The molecule has 0 spiro atoms. The van der Waals surface area contributed by atoms with Gasteiger partial charge in [-0.15, -0.1) is 0 Å². The molecule has 6 aromatic carbocycles. The number of hydrogen-bond acceptors (Lipinski definition) is 9. The third kappa shape index (κ3) is 17.5. The molecule has 1 atom stereocenters. The van der Waals surface area contributed by atoms with Gasteiger partial charge in [0.1, 0.15) is 17.2 Å². The maximum atomic E-state index is 12.2. The summed E-state index contributed by atoms with van der Waals surface area (Å²) in [5.41, 5.74) is 4.39. The summed E-state index contributed by atoms with van der Waals surface area (Å²) in [5.74, 6) is -0.331. The zero-order valence-electron chi connectivity index (χ0n) is 31.7. The van der Waals surface area contributed by atoms with Crippen molar-refractivity contribution in [2.24, 2.45) is 0 Å². The molecule has 1 unspecified atom stereocenters. The van der Waals surface area contributed by atoms with E-state index in [0.717, 1.165) is 11.1 Å². The summed E-state index contributed by atoms with van der Waals surface area (Å²) in [4.78, 5) is 53.2. The molecule has 6 aromatic rings. The van der Waals surface area contributed by atoms with Crippen LogP contribution < -0.4 is 0 Å². The number of benzene rings is 6. The number of aliphatic hydroxyl groups excluding tert-OH is 1. The number of halogens is 4. The summed E-state index contributed by atoms with van der Waals surface area (Å²) in [7, 11) is 14.8. The van der Waals surface area contributed by atoms with Crippen LogP contribution in [0.4, 0.5) is 17.1 Å². The summed E-state index contributed by atoms with van der Waals surface area (Å²) in [5, 5.41) is 41.5. The molecule has 0 aliphatic carbocycles. The number of aryl methyl sites for hydroxylation is 3. The van der Waals surface area contributed by atoms with Crippen LogP contribution in [-0.4, -0.2) is 42.3 Å². The Hall–Kier alpha value is -5.49. The number of nitro groups is 3. The highest BCUT2D eigenvalue weighted by Gasteiger charge is 2.22. The molecule has 17 heteroatoms. The number of nitro benzene ring substituents is 3. The van der Waals surface area contributed by atoms with E-state index in [0.29, 0.717) is 16.7 Å². The first kappa shape index (κ1) is 49.7. The van der Waals surface area contributed by atoms with Crippen LogP contribution in [0.2, 0.25) is 0 Å². The molecule has 0 amide bonds. The molecule has 59 heavy (non-hydrogen) atoms. The van der Waals surface area contributed by atoms with Crippen molar-refractivity contribution < 1.29 is 29.5 Å². The molecule has 0 bridgehead atoms. The summed E-state index contributed by atoms with van der Waals surface area (Å²) in [6.07, 6.45) is -0.979. The normalized spacial score (nSPS) is 10.2. The monoisotopic (exact) mass is 893 g/mol. The van der Waals surface area contributed by atoms with E-state index in [1.807, 2.05) is 56.3 Å². The lowest BCUT2D eigenvalue weighted by Crippen LogP contribution is -2.05. The first-order chi connectivity index (χ1) is 27.9. The molecule has 0 aromatic heterocycles. The van der Waals surface area contributed by atoms with Gasteiger partial charge in [0, 0.05) is 23.8 Å². The van der Waals surface area contributed by atoms with Gasteiger partial charge in [-0.25, -0.2) is 30.1 Å². The predicted octanol–water partition coefficient (Wildman–Crippen LogP) is 11.8. The number of nitrogens with zero attached hydrogens (tertiary/aromatic N) is 3. The third-order valence-electron chi connectivity index (χ3n) is 7.73. The van der Waals surface area contributed by atoms with Crippen molar-refractivity contribution in [2.45, 2.75) is 26.9 Å². The molecular formula is C42H36AlCl4N3O9. The van der Waals surface area contributed by atoms with Crippen molar-refractivity contribution in [3.05, 3.63) is 227 Å². The highest BCUT2D eigenvalue weighted by molar-refractivity contribution is 7.54. The minimum Gasteiger partial charge on any atom is -0.383 e. The van der Waals surface area contributed by atoms with Gasteiger partial charge in [0.15, 0.2) is 5.78 Å². The van der Waals surface area contributed by atoms with Gasteiger partial charge in [-0.3, -0.25) is 39.9 Å². The first-order valence-electron chi connectivity index (χ1n) is 17.1. The van der Waals surface area contributed by atoms with Gasteiger partial charge in [0.05, 0.1) is 20.3 Å². The maximum Gasteiger partial charge on any atom is 0.643 e. The Morgan fingerprint density at radius 1 is 0.525 bits per heavy atom. The van der Waals surface area contributed by atoms with Gasteiger partial charge in [-0.1, -0.05) is 132 Å². The molecule has 0 aliphatic heterocycles. The smallest absolute Gasteiger partial charge is 0.383 e. The van der Waals surface area contributed by atoms with Crippen LogP contribution in [-0.2, 0) is 0 Å². The molecule has 304 valence electrons. The number of para-hydroxylation sites is 3. The zero-order valence-corrected chi connectivity index (χ0v) is 35.8. The molecule has 0 aliphatic rings. The molecular weight excluding hydrogens is 859 g/mol. The fraction of sp³-hybridized carbons (Fsp3) is 0.0952. The number of hydrogen-bond donors (Lipinski definition) is 1. The van der Waals surface area contributed by atoms with Crippen molar-refractivity contribution in [3.63, 3.8) is 0 Å². The molecule has 0 saturated carbocycles. The highest BCUT2D eigenvalue weighted by atomic mass is 35.8. The van der Waals surface area contributed by atoms with Crippen LogP contribution in [0.15, 0.2) is 152 Å². The maximum absolute atomic E-state index is 12.2. The quantitative estimate of drug-likeness (QED) is 0.0510. The van der Waals surface area contributed by atoms with Crippen LogP contribution in [0.25, 0.3) is 0 Å². The largest absolute Gasteiger partial charge is 0.643 e. The number of carbonyl (C=O) groups is 2. The van der Waals surface area contributed by atoms with E-state index in [1.165, 1.54) is 48.0 Å². The van der Waals surface area contributed by atoms with Crippen LogP contribution in [0.5, 0.6) is 0 Å². The van der Waals surface area contributed by atoms with Crippen molar-refractivity contribution >= 4 is 81.2 Å². The van der Waals surface area contributed by atoms with Gasteiger partial charge in [0.25, 0.3) is 22.3 Å². The van der Waals surface area contributed by atoms with E-state index < -0.39 is 37.5 Å². The van der Waals surface area contributed by atoms with E-state index in [1.54, 1.807) is 54.6 Å². The van der Waals surface area contributed by atoms with E-state index >= 15 is 0 Å². The fourth-order valence-corrected chi connectivity index (χ4v) is 4.99. The number of ketones is 1. The minimum absolute atomic E-state index is 0.0643. The Morgan fingerprint density at radius 3 is 1.29 bits per heavy atom. The van der Waals surface area contributed by atoms with Gasteiger partial charge in [-0.2, -0.15) is 0 Å². The van der Waals surface area contributed by atoms with E-state index in [4.69, 9.17) is 41.7 Å². The van der Waals surface area contributed by atoms with Crippen molar-refractivity contribution in [1.82, 2.24) is 0 Å². The van der Waals surface area contributed by atoms with Crippen LogP contribution in [0.3, 0.4) is 0 Å². The Morgan fingerprint density at radius 2 is 0.881 bits per heavy atom. The van der Waals surface area contributed by atoms with Crippen molar-refractivity contribution in [2.75, 3.05) is 0 Å². The Labute approximate surface area is 362 Å². The number of aliphatic hydroxyl groups is 1. The molecule has 6 rings (SSSR count). The van der Waals surface area contributed by atoms with Gasteiger partial charge >= 0.3 is 11.4 Å². The molecule has 1 N–H and O–H groups in total. The average Bonchev–Trinajstić information content (AvgIpc) is 3.21. The first-order valence-corrected chi connectivity index (χ1v) is 22.8. The lowest BCUT2D eigenvalue weighted by atomic mass is 9.99. The summed E-state index contributed by atoms with van der Waals surface area (Å²) >= 11 is 3.39. The lowest BCUT2D eigenvalue weighted by molar-refractivity contribution is -0.386. The lowest BCUT2D eigenvalue weighted by Gasteiger charge is -2.11. The molecule has 0 heterocycles. The van der Waals surface area contributed by atoms with Gasteiger partial charge in [0.2, 0.25) is 0 Å². The third-order valence-corrected chi connectivity index (χ3v) is 7.94. The number of rotatable bonds is 8. The second-order valence-corrected chi connectivity index (χ2v) is 18.8. The van der Waals surface area contributed by atoms with E-state index in [9.17, 15) is 45.0 Å². The molecule has 0 radical (unpaired) electrons. The van der Waals surface area contributed by atoms with Gasteiger partial charge in [-0.05, 0) is 56.1 Å². The second kappa shape index (κ2) is 25.8. The Balaban J connectivity index is 0.000000274. The minimum atomic E-state index is -1.72. The number of carbonyl (C=O) groups excluding carboxylic acids is 2. The van der Waals surface area contributed by atoms with Crippen LogP contribution in [0.1, 0.15) is 60.2 Å². The molecule has 0 fully saturated rings. The van der Waals surface area contributed by atoms with Crippen molar-refractivity contribution in [1.29, 1.82) is 0 Å². The van der Waals surface area contributed by atoms with Crippen LogP contribution in [0, 0.1) is 51.1 Å². The zero-order chi connectivity index (χ0) is 44.1. The topological polar surface area (TPSA) is 184 Å². The summed E-state index contributed by atoms with van der Waals surface area (Å²) in [6, 6.07) is 42.3. The molecule has 12 nitrogen and oxygen atoms in total. The summed E-state index contributed by atoms with van der Waals surface area (Å²) < 4.78 is 0. The standard InChI is InChI=1S/C14H13NO3.C14H11NO3.C7H4ClNO3.C7H8.Al.3ClH/c2*1-10-6-8-11(9-7-10)14(16)12-4-2-3-5-13(12)15(17)18;8-7(10)5-3-1-2-4-6(5)9(11)12;1-7-5-3-2-4-6-7;;;;/h2-9,14,16H,1H3;2-9H,1H3;1-4H;2-6H,1H3;;3*1H/q;;;;+3;;;/p-3. The van der Waals surface area contributed by atoms with Crippen LogP contribution >= 0.6 is 41.7 Å². The Bertz CT molecular complexity index is 2280. The molecule has 0 saturated heterocycles. The van der Waals surface area contributed by atoms with E-state index in [2.05, 4.69) is 19.1 Å².